The Hall–Kier alpha value is -0.570. The first-order chi connectivity index (χ1) is 10.4. The van der Waals surface area contributed by atoms with Crippen LogP contribution in [0.4, 0.5) is 0 Å². The SMILES string of the molecule is C1CCSC1.CCCCCC#CCC#C/C=C/C=C/CBr. The Kier molecular flexibility index (Phi) is 18.9. The van der Waals surface area contributed by atoms with Gasteiger partial charge in [-0.15, -0.1) is 5.92 Å². The van der Waals surface area contributed by atoms with Gasteiger partial charge in [0.25, 0.3) is 0 Å². The van der Waals surface area contributed by atoms with Crippen LogP contribution in [-0.4, -0.2) is 16.8 Å². The molecule has 1 fully saturated rings. The van der Waals surface area contributed by atoms with Gasteiger partial charge in [-0.3, -0.25) is 0 Å². The van der Waals surface area contributed by atoms with Gasteiger partial charge < -0.3 is 0 Å². The second-order valence-corrected chi connectivity index (χ2v) is 6.44. The highest BCUT2D eigenvalue weighted by Crippen LogP contribution is 2.14. The highest BCUT2D eigenvalue weighted by Gasteiger charge is 1.95. The molecular formula is C19H27BrS. The quantitative estimate of drug-likeness (QED) is 0.249. The Morgan fingerprint density at radius 3 is 2.48 bits per heavy atom. The molecule has 2 heteroatoms. The third kappa shape index (κ3) is 19.4. The monoisotopic (exact) mass is 366 g/mol. The molecule has 0 aromatic carbocycles. The maximum absolute atomic E-state index is 3.30. The molecule has 0 unspecified atom stereocenters. The first kappa shape index (κ1) is 20.4. The number of hydrogen-bond acceptors (Lipinski definition) is 1. The highest BCUT2D eigenvalue weighted by molar-refractivity contribution is 9.09. The van der Waals surface area contributed by atoms with Gasteiger partial charge in [-0.05, 0) is 36.8 Å². The number of rotatable bonds is 5. The van der Waals surface area contributed by atoms with E-state index >= 15 is 0 Å². The van der Waals surface area contributed by atoms with Crippen LogP contribution in [0.5, 0.6) is 0 Å². The van der Waals surface area contributed by atoms with E-state index in [-0.39, 0.29) is 0 Å². The molecule has 1 aliphatic rings. The maximum atomic E-state index is 3.30. The molecule has 0 radical (unpaired) electrons. The lowest BCUT2D eigenvalue weighted by atomic mass is 10.2. The summed E-state index contributed by atoms with van der Waals surface area (Å²) in [5.74, 6) is 15.0. The van der Waals surface area contributed by atoms with E-state index in [2.05, 4.69) is 58.3 Å². The summed E-state index contributed by atoms with van der Waals surface area (Å²) < 4.78 is 0. The van der Waals surface area contributed by atoms with Crippen LogP contribution in [0.25, 0.3) is 0 Å². The van der Waals surface area contributed by atoms with E-state index in [1.165, 1.54) is 43.6 Å². The van der Waals surface area contributed by atoms with Crippen molar-refractivity contribution in [2.75, 3.05) is 16.8 Å². The molecule has 0 saturated carbocycles. The van der Waals surface area contributed by atoms with Crippen LogP contribution in [0.2, 0.25) is 0 Å². The predicted molar refractivity (Wildman–Crippen MR) is 103 cm³/mol. The number of unbranched alkanes of at least 4 members (excludes halogenated alkanes) is 3. The first-order valence-corrected chi connectivity index (χ1v) is 10.1. The van der Waals surface area contributed by atoms with Gasteiger partial charge in [-0.2, -0.15) is 11.8 Å². The number of thioether (sulfide) groups is 1. The summed E-state index contributed by atoms with van der Waals surface area (Å²) >= 11 is 5.38. The van der Waals surface area contributed by atoms with Crippen molar-refractivity contribution in [3.63, 3.8) is 0 Å². The average Bonchev–Trinajstić information content (AvgIpc) is 3.08. The Balaban J connectivity index is 0.000000662. The normalized spacial score (nSPS) is 13.2. The van der Waals surface area contributed by atoms with E-state index in [1.807, 2.05) is 24.3 Å². The van der Waals surface area contributed by atoms with Gasteiger partial charge >= 0.3 is 0 Å². The van der Waals surface area contributed by atoms with E-state index in [9.17, 15) is 0 Å². The molecule has 0 aliphatic carbocycles. The van der Waals surface area contributed by atoms with Crippen molar-refractivity contribution >= 4 is 27.7 Å². The lowest BCUT2D eigenvalue weighted by Gasteiger charge is -1.87. The standard InChI is InChI=1S/C15H19Br.C4H8S/c1-2-3-4-5-6-7-8-9-10-11-12-13-14-15-16;1-2-4-5-3-1/h11-14H,2-5,8,15H2,1H3;1-4H2/b12-11+,14-13+;. The van der Waals surface area contributed by atoms with Gasteiger partial charge in [0.15, 0.2) is 0 Å². The maximum Gasteiger partial charge on any atom is 0.0706 e. The molecule has 0 amide bonds. The molecule has 0 bridgehead atoms. The molecule has 1 saturated heterocycles. The lowest BCUT2D eigenvalue weighted by molar-refractivity contribution is 0.737. The summed E-state index contributed by atoms with van der Waals surface area (Å²) in [6, 6.07) is 0. The second kappa shape index (κ2) is 19.4. The van der Waals surface area contributed by atoms with E-state index < -0.39 is 0 Å². The van der Waals surface area contributed by atoms with Crippen LogP contribution in [0.1, 0.15) is 51.9 Å². The van der Waals surface area contributed by atoms with Crippen LogP contribution in [0, 0.1) is 23.7 Å². The van der Waals surface area contributed by atoms with Gasteiger partial charge in [-0.1, -0.05) is 71.7 Å². The van der Waals surface area contributed by atoms with E-state index in [0.717, 1.165) is 11.8 Å². The molecule has 0 nitrogen and oxygen atoms in total. The summed E-state index contributed by atoms with van der Waals surface area (Å²) in [6.07, 6.45) is 16.1. The zero-order chi connectivity index (χ0) is 15.4. The Morgan fingerprint density at radius 1 is 1.05 bits per heavy atom. The minimum atomic E-state index is 0.679. The number of hydrogen-bond donors (Lipinski definition) is 0. The molecule has 1 aliphatic heterocycles. The molecule has 0 aromatic rings. The van der Waals surface area contributed by atoms with Crippen molar-refractivity contribution in [3.8, 4) is 23.7 Å². The zero-order valence-corrected chi connectivity index (χ0v) is 15.6. The van der Waals surface area contributed by atoms with E-state index in [4.69, 9.17) is 0 Å². The summed E-state index contributed by atoms with van der Waals surface area (Å²) in [5.41, 5.74) is 0. The van der Waals surface area contributed by atoms with Crippen LogP contribution < -0.4 is 0 Å². The van der Waals surface area contributed by atoms with Crippen LogP contribution in [0.15, 0.2) is 24.3 Å². The molecule has 0 N–H and O–H groups in total. The smallest absolute Gasteiger partial charge is 0.0706 e. The molecule has 0 spiro atoms. The third-order valence-electron chi connectivity index (χ3n) is 2.65. The minimum Gasteiger partial charge on any atom is -0.162 e. The van der Waals surface area contributed by atoms with Crippen molar-refractivity contribution in [1.29, 1.82) is 0 Å². The Morgan fingerprint density at radius 2 is 1.86 bits per heavy atom. The van der Waals surface area contributed by atoms with Crippen molar-refractivity contribution in [2.24, 2.45) is 0 Å². The van der Waals surface area contributed by atoms with Crippen LogP contribution in [-0.2, 0) is 0 Å². The zero-order valence-electron chi connectivity index (χ0n) is 13.2. The van der Waals surface area contributed by atoms with Crippen LogP contribution in [0.3, 0.4) is 0 Å². The number of allylic oxidation sites excluding steroid dienone is 4. The summed E-state index contributed by atoms with van der Waals surface area (Å²) in [6.45, 7) is 2.20. The fraction of sp³-hybridized carbons (Fsp3) is 0.579. The molecule has 1 rings (SSSR count). The predicted octanol–water partition coefficient (Wildman–Crippen LogP) is 5.98. The summed E-state index contributed by atoms with van der Waals surface area (Å²) in [4.78, 5) is 0. The lowest BCUT2D eigenvalue weighted by Crippen LogP contribution is -1.70. The topological polar surface area (TPSA) is 0 Å². The fourth-order valence-electron chi connectivity index (χ4n) is 1.51. The molecular weight excluding hydrogens is 340 g/mol. The van der Waals surface area contributed by atoms with Gasteiger partial charge in [0.05, 0.1) is 6.42 Å². The first-order valence-electron chi connectivity index (χ1n) is 7.81. The fourth-order valence-corrected chi connectivity index (χ4v) is 2.75. The highest BCUT2D eigenvalue weighted by atomic mass is 79.9. The van der Waals surface area contributed by atoms with E-state index in [1.54, 1.807) is 0 Å². The molecule has 0 aromatic heterocycles. The van der Waals surface area contributed by atoms with Crippen molar-refractivity contribution in [3.05, 3.63) is 24.3 Å². The third-order valence-corrected chi connectivity index (χ3v) is 4.18. The Labute approximate surface area is 144 Å². The van der Waals surface area contributed by atoms with Crippen molar-refractivity contribution in [2.45, 2.75) is 51.9 Å². The van der Waals surface area contributed by atoms with Gasteiger partial charge in [-0.25, -0.2) is 0 Å². The largest absolute Gasteiger partial charge is 0.162 e. The average molecular weight is 367 g/mol. The van der Waals surface area contributed by atoms with Crippen LogP contribution >= 0.6 is 27.7 Å². The summed E-state index contributed by atoms with van der Waals surface area (Å²) in [7, 11) is 0. The molecule has 116 valence electrons. The molecule has 1 heterocycles. The number of halogens is 1. The summed E-state index contributed by atoms with van der Waals surface area (Å²) in [5, 5.41) is 0.883. The molecule has 21 heavy (non-hydrogen) atoms. The number of alkyl halides is 1. The van der Waals surface area contributed by atoms with Gasteiger partial charge in [0, 0.05) is 11.8 Å². The van der Waals surface area contributed by atoms with Gasteiger partial charge in [0.2, 0.25) is 0 Å². The van der Waals surface area contributed by atoms with Gasteiger partial charge in [0.1, 0.15) is 0 Å². The van der Waals surface area contributed by atoms with Crippen molar-refractivity contribution in [1.82, 2.24) is 0 Å². The van der Waals surface area contributed by atoms with E-state index in [0.29, 0.717) is 6.42 Å². The minimum absolute atomic E-state index is 0.679. The van der Waals surface area contributed by atoms with Crippen molar-refractivity contribution < 1.29 is 0 Å². The Bertz CT molecular complexity index is 376. The molecule has 0 atom stereocenters. The second-order valence-electron chi connectivity index (χ2n) is 4.57.